The third-order valence-corrected chi connectivity index (χ3v) is 4.98. The predicted molar refractivity (Wildman–Crippen MR) is 110 cm³/mol. The van der Waals surface area contributed by atoms with E-state index in [1.165, 1.54) is 0 Å². The first-order valence-corrected chi connectivity index (χ1v) is 8.80. The van der Waals surface area contributed by atoms with Gasteiger partial charge in [-0.25, -0.2) is 0 Å². The van der Waals surface area contributed by atoms with Gasteiger partial charge >= 0.3 is 0 Å². The number of nitrogens with two attached hydrogens (primary N) is 1. The van der Waals surface area contributed by atoms with E-state index in [9.17, 15) is 4.79 Å². The third-order valence-electron chi connectivity index (χ3n) is 4.45. The van der Waals surface area contributed by atoms with Crippen LogP contribution in [0.5, 0.6) is 0 Å². The van der Waals surface area contributed by atoms with Crippen LogP contribution in [0.1, 0.15) is 25.3 Å². The van der Waals surface area contributed by atoms with Crippen LogP contribution in [-0.2, 0) is 15.1 Å². The Bertz CT molecular complexity index is 521. The number of benzene rings is 1. The van der Waals surface area contributed by atoms with E-state index < -0.39 is 5.54 Å². The van der Waals surface area contributed by atoms with Gasteiger partial charge in [0.1, 0.15) is 5.54 Å². The third kappa shape index (κ3) is 7.04. The Hall–Kier alpha value is -0.370. The first-order valence-electron chi connectivity index (χ1n) is 8.00. The number of piperidine rings is 1. The first-order chi connectivity index (χ1) is 10.9. The van der Waals surface area contributed by atoms with E-state index in [2.05, 4.69) is 26.1 Å². The molecule has 0 bridgehead atoms. The van der Waals surface area contributed by atoms with E-state index >= 15 is 0 Å². The van der Waals surface area contributed by atoms with Gasteiger partial charge in [0.25, 0.3) is 0 Å². The highest BCUT2D eigenvalue weighted by atomic mass is 79.9. The number of nitrogens with zero attached hydrogens (tertiary/aromatic N) is 1. The fourth-order valence-electron chi connectivity index (χ4n) is 2.78. The van der Waals surface area contributed by atoms with Crippen LogP contribution in [0, 0.1) is 0 Å². The highest BCUT2D eigenvalue weighted by Gasteiger charge is 2.32. The summed E-state index contributed by atoms with van der Waals surface area (Å²) in [5, 5.41) is 3.12. The molecule has 0 saturated carbocycles. The SMILES string of the molecule is COCCN1CCC(NC(=O)C(C)(N)c2ccc(Br)cc2)CC1.Cl.Cl. The molecule has 0 radical (unpaired) electrons. The van der Waals surface area contributed by atoms with Crippen molar-refractivity contribution in [3.63, 3.8) is 0 Å². The lowest BCUT2D eigenvalue weighted by Gasteiger charge is -2.34. The summed E-state index contributed by atoms with van der Waals surface area (Å²) in [6, 6.07) is 7.78. The van der Waals surface area contributed by atoms with Crippen LogP contribution in [0.25, 0.3) is 0 Å². The molecule has 3 N–H and O–H groups in total. The Morgan fingerprint density at radius 1 is 1.32 bits per heavy atom. The summed E-state index contributed by atoms with van der Waals surface area (Å²) >= 11 is 3.40. The van der Waals surface area contributed by atoms with Gasteiger partial charge in [-0.05, 0) is 37.5 Å². The lowest BCUT2D eigenvalue weighted by Crippen LogP contribution is -2.54. The normalized spacial score (nSPS) is 17.8. The lowest BCUT2D eigenvalue weighted by atomic mass is 9.91. The standard InChI is InChI=1S/C17H26BrN3O2.2ClH/c1-17(19,13-3-5-14(18)6-4-13)16(22)20-15-7-9-21(10-8-15)11-12-23-2;;/h3-6,15H,7-12,19H2,1-2H3,(H,20,22);2*1H. The second kappa shape index (κ2) is 11.4. The molecule has 1 fully saturated rings. The summed E-state index contributed by atoms with van der Waals surface area (Å²) in [6.07, 6.45) is 1.90. The lowest BCUT2D eigenvalue weighted by molar-refractivity contribution is -0.127. The van der Waals surface area contributed by atoms with Crippen molar-refractivity contribution in [2.75, 3.05) is 33.4 Å². The van der Waals surface area contributed by atoms with Gasteiger partial charge in [0, 0.05) is 37.3 Å². The zero-order chi connectivity index (χ0) is 16.9. The maximum absolute atomic E-state index is 12.6. The van der Waals surface area contributed by atoms with E-state index in [0.29, 0.717) is 0 Å². The van der Waals surface area contributed by atoms with Crippen LogP contribution in [0.15, 0.2) is 28.7 Å². The van der Waals surface area contributed by atoms with E-state index in [1.807, 2.05) is 24.3 Å². The Kier molecular flexibility index (Phi) is 11.2. The number of methoxy groups -OCH3 is 1. The van der Waals surface area contributed by atoms with Crippen molar-refractivity contribution in [1.29, 1.82) is 0 Å². The Labute approximate surface area is 171 Å². The molecule has 1 aromatic rings. The molecule has 0 aliphatic carbocycles. The van der Waals surface area contributed by atoms with Gasteiger partial charge in [-0.15, -0.1) is 24.8 Å². The van der Waals surface area contributed by atoms with Crippen molar-refractivity contribution in [3.05, 3.63) is 34.3 Å². The van der Waals surface area contributed by atoms with Gasteiger partial charge < -0.3 is 20.7 Å². The molecule has 0 aromatic heterocycles. The maximum Gasteiger partial charge on any atom is 0.244 e. The van der Waals surface area contributed by atoms with Crippen molar-refractivity contribution in [2.24, 2.45) is 5.73 Å². The summed E-state index contributed by atoms with van der Waals surface area (Å²) < 4.78 is 6.08. The molecule has 0 spiro atoms. The number of hydrogen-bond donors (Lipinski definition) is 2. The molecule has 1 aromatic carbocycles. The largest absolute Gasteiger partial charge is 0.383 e. The van der Waals surface area contributed by atoms with Crippen LogP contribution in [0.2, 0.25) is 0 Å². The Morgan fingerprint density at radius 2 is 1.88 bits per heavy atom. The maximum atomic E-state index is 12.6. The molecular formula is C17H28BrCl2N3O2. The fraction of sp³-hybridized carbons (Fsp3) is 0.588. The van der Waals surface area contributed by atoms with Gasteiger partial charge in [-0.3, -0.25) is 4.79 Å². The number of hydrogen-bond acceptors (Lipinski definition) is 4. The Balaban J connectivity index is 0.00000288. The number of carbonyl (C=O) groups is 1. The molecule has 1 saturated heterocycles. The van der Waals surface area contributed by atoms with E-state index in [4.69, 9.17) is 10.5 Å². The molecule has 1 aliphatic rings. The van der Waals surface area contributed by atoms with Crippen LogP contribution in [-0.4, -0.2) is 50.2 Å². The Morgan fingerprint density at radius 3 is 2.40 bits per heavy atom. The smallest absolute Gasteiger partial charge is 0.244 e. The molecule has 1 heterocycles. The summed E-state index contributed by atoms with van der Waals surface area (Å²) in [5.74, 6) is -0.116. The van der Waals surface area contributed by atoms with Gasteiger partial charge in [-0.1, -0.05) is 28.1 Å². The molecule has 2 rings (SSSR count). The molecular weight excluding hydrogens is 429 g/mol. The van der Waals surface area contributed by atoms with E-state index in [0.717, 1.165) is 49.1 Å². The van der Waals surface area contributed by atoms with Gasteiger partial charge in [0.15, 0.2) is 0 Å². The van der Waals surface area contributed by atoms with Gasteiger partial charge in [0.05, 0.1) is 6.61 Å². The number of rotatable bonds is 6. The summed E-state index contributed by atoms with van der Waals surface area (Å²) in [5.41, 5.74) is 6.08. The van der Waals surface area contributed by atoms with Crippen molar-refractivity contribution >= 4 is 46.7 Å². The van der Waals surface area contributed by atoms with Crippen LogP contribution < -0.4 is 11.1 Å². The quantitative estimate of drug-likeness (QED) is 0.690. The second-order valence-electron chi connectivity index (χ2n) is 6.29. The molecule has 1 atom stereocenters. The number of nitrogens with one attached hydrogen (secondary N) is 1. The molecule has 8 heteroatoms. The fourth-order valence-corrected chi connectivity index (χ4v) is 3.05. The van der Waals surface area contributed by atoms with Crippen molar-refractivity contribution in [2.45, 2.75) is 31.3 Å². The number of amides is 1. The predicted octanol–water partition coefficient (Wildman–Crippen LogP) is 2.69. The van der Waals surface area contributed by atoms with Crippen LogP contribution in [0.4, 0.5) is 0 Å². The monoisotopic (exact) mass is 455 g/mol. The topological polar surface area (TPSA) is 67.6 Å². The van der Waals surface area contributed by atoms with Crippen molar-refractivity contribution in [3.8, 4) is 0 Å². The minimum atomic E-state index is -1.02. The molecule has 1 unspecified atom stereocenters. The van der Waals surface area contributed by atoms with E-state index in [1.54, 1.807) is 14.0 Å². The highest BCUT2D eigenvalue weighted by Crippen LogP contribution is 2.21. The summed E-state index contributed by atoms with van der Waals surface area (Å²) in [6.45, 7) is 5.42. The van der Waals surface area contributed by atoms with Gasteiger partial charge in [-0.2, -0.15) is 0 Å². The average molecular weight is 457 g/mol. The molecule has 1 amide bonds. The molecule has 144 valence electrons. The van der Waals surface area contributed by atoms with E-state index in [-0.39, 0.29) is 36.8 Å². The second-order valence-corrected chi connectivity index (χ2v) is 7.21. The number of ether oxygens (including phenoxy) is 1. The van der Waals surface area contributed by atoms with Crippen LogP contribution >= 0.6 is 40.7 Å². The summed E-state index contributed by atoms with van der Waals surface area (Å²) in [4.78, 5) is 15.0. The average Bonchev–Trinajstić information content (AvgIpc) is 2.54. The molecule has 1 aliphatic heterocycles. The zero-order valence-electron chi connectivity index (χ0n) is 14.7. The first kappa shape index (κ1) is 24.6. The van der Waals surface area contributed by atoms with Crippen molar-refractivity contribution in [1.82, 2.24) is 10.2 Å². The number of halogens is 3. The van der Waals surface area contributed by atoms with Crippen LogP contribution in [0.3, 0.4) is 0 Å². The van der Waals surface area contributed by atoms with Crippen molar-refractivity contribution < 1.29 is 9.53 Å². The number of carbonyl (C=O) groups excluding carboxylic acids is 1. The van der Waals surface area contributed by atoms with Gasteiger partial charge in [0.2, 0.25) is 5.91 Å². The molecule has 25 heavy (non-hydrogen) atoms. The summed E-state index contributed by atoms with van der Waals surface area (Å²) in [7, 11) is 1.72. The number of likely N-dealkylation sites (tertiary alicyclic amines) is 1. The minimum Gasteiger partial charge on any atom is -0.383 e. The highest BCUT2D eigenvalue weighted by molar-refractivity contribution is 9.10. The zero-order valence-corrected chi connectivity index (χ0v) is 17.9. The molecule has 5 nitrogen and oxygen atoms in total. The minimum absolute atomic E-state index is 0.